The minimum atomic E-state index is 0.0268. The van der Waals surface area contributed by atoms with Gasteiger partial charge in [0.2, 0.25) is 5.91 Å². The lowest BCUT2D eigenvalue weighted by molar-refractivity contribution is -0.121. The molecule has 1 aromatic carbocycles. The fourth-order valence-corrected chi connectivity index (χ4v) is 3.11. The number of nitrogens with zero attached hydrogens (tertiary/aromatic N) is 2. The zero-order valence-electron chi connectivity index (χ0n) is 16.4. The highest BCUT2D eigenvalue weighted by Crippen LogP contribution is 2.17. The van der Waals surface area contributed by atoms with E-state index >= 15 is 0 Å². The van der Waals surface area contributed by atoms with Gasteiger partial charge in [0, 0.05) is 18.7 Å². The molecule has 0 aliphatic heterocycles. The molecule has 2 aromatic rings. The standard InChI is InChI=1S/C21H31N3O/c1-14(2)13-24-18(6)20(17(5)23-24)11-12-21(25)22-16(4)19-9-7-15(3)8-10-19/h7-10,14,16H,11-13H2,1-6H3,(H,22,25). The number of amides is 1. The quantitative estimate of drug-likeness (QED) is 0.817. The van der Waals surface area contributed by atoms with Gasteiger partial charge in [0.05, 0.1) is 11.7 Å². The van der Waals surface area contributed by atoms with Crippen molar-refractivity contribution in [2.45, 2.75) is 67.0 Å². The highest BCUT2D eigenvalue weighted by Gasteiger charge is 2.15. The maximum absolute atomic E-state index is 12.3. The van der Waals surface area contributed by atoms with Crippen LogP contribution in [-0.4, -0.2) is 15.7 Å². The molecular weight excluding hydrogens is 310 g/mol. The Labute approximate surface area is 151 Å². The number of carbonyl (C=O) groups is 1. The van der Waals surface area contributed by atoms with Crippen molar-refractivity contribution in [2.75, 3.05) is 0 Å². The molecule has 0 saturated carbocycles. The van der Waals surface area contributed by atoms with Gasteiger partial charge in [-0.2, -0.15) is 5.10 Å². The summed E-state index contributed by atoms with van der Waals surface area (Å²) in [4.78, 5) is 12.3. The molecular formula is C21H31N3O. The van der Waals surface area contributed by atoms with Crippen molar-refractivity contribution in [3.05, 3.63) is 52.3 Å². The summed E-state index contributed by atoms with van der Waals surface area (Å²) in [6.07, 6.45) is 1.23. The van der Waals surface area contributed by atoms with E-state index in [4.69, 9.17) is 0 Å². The highest BCUT2D eigenvalue weighted by molar-refractivity contribution is 5.76. The number of carbonyl (C=O) groups excluding carboxylic acids is 1. The molecule has 2 rings (SSSR count). The zero-order chi connectivity index (χ0) is 18.6. The van der Waals surface area contributed by atoms with Gasteiger partial charge in [0.25, 0.3) is 0 Å². The Morgan fingerprint density at radius 3 is 2.36 bits per heavy atom. The summed E-state index contributed by atoms with van der Waals surface area (Å²) in [5.74, 6) is 0.646. The maximum Gasteiger partial charge on any atom is 0.220 e. The number of hydrogen-bond donors (Lipinski definition) is 1. The molecule has 0 aliphatic rings. The van der Waals surface area contributed by atoms with E-state index in [1.807, 2.05) is 13.8 Å². The average molecular weight is 341 g/mol. The van der Waals surface area contributed by atoms with E-state index in [-0.39, 0.29) is 11.9 Å². The summed E-state index contributed by atoms with van der Waals surface area (Å²) in [7, 11) is 0. The van der Waals surface area contributed by atoms with Gasteiger partial charge in [0.15, 0.2) is 0 Å². The lowest BCUT2D eigenvalue weighted by atomic mass is 10.1. The van der Waals surface area contributed by atoms with Crippen LogP contribution in [0, 0.1) is 26.7 Å². The third-order valence-electron chi connectivity index (χ3n) is 4.63. The van der Waals surface area contributed by atoms with Crippen molar-refractivity contribution in [1.82, 2.24) is 15.1 Å². The largest absolute Gasteiger partial charge is 0.350 e. The van der Waals surface area contributed by atoms with Crippen LogP contribution in [0.25, 0.3) is 0 Å². The molecule has 4 nitrogen and oxygen atoms in total. The van der Waals surface area contributed by atoms with Gasteiger partial charge >= 0.3 is 0 Å². The van der Waals surface area contributed by atoms with Gasteiger partial charge in [-0.25, -0.2) is 0 Å². The summed E-state index contributed by atoms with van der Waals surface area (Å²) in [5.41, 5.74) is 5.80. The average Bonchev–Trinajstić information content (AvgIpc) is 2.79. The first kappa shape index (κ1) is 19.2. The van der Waals surface area contributed by atoms with Crippen molar-refractivity contribution < 1.29 is 4.79 Å². The second-order valence-corrected chi connectivity index (χ2v) is 7.43. The molecule has 0 bridgehead atoms. The fraction of sp³-hybridized carbons (Fsp3) is 0.524. The molecule has 1 N–H and O–H groups in total. The molecule has 1 atom stereocenters. The van der Waals surface area contributed by atoms with E-state index < -0.39 is 0 Å². The van der Waals surface area contributed by atoms with Crippen LogP contribution in [-0.2, 0) is 17.8 Å². The molecule has 4 heteroatoms. The Morgan fingerprint density at radius 2 is 1.76 bits per heavy atom. The van der Waals surface area contributed by atoms with Gasteiger partial charge in [-0.1, -0.05) is 43.7 Å². The molecule has 1 unspecified atom stereocenters. The molecule has 1 heterocycles. The molecule has 0 radical (unpaired) electrons. The summed E-state index contributed by atoms with van der Waals surface area (Å²) >= 11 is 0. The van der Waals surface area contributed by atoms with Gasteiger partial charge in [-0.3, -0.25) is 9.48 Å². The number of aryl methyl sites for hydroxylation is 2. The number of hydrogen-bond acceptors (Lipinski definition) is 2. The third kappa shape index (κ3) is 5.18. The lowest BCUT2D eigenvalue weighted by Crippen LogP contribution is -2.26. The van der Waals surface area contributed by atoms with Crippen molar-refractivity contribution in [1.29, 1.82) is 0 Å². The number of rotatable bonds is 7. The van der Waals surface area contributed by atoms with E-state index in [0.29, 0.717) is 12.3 Å². The van der Waals surface area contributed by atoms with Crippen LogP contribution < -0.4 is 5.32 Å². The zero-order valence-corrected chi connectivity index (χ0v) is 16.4. The topological polar surface area (TPSA) is 46.9 Å². The summed E-state index contributed by atoms with van der Waals surface area (Å²) in [6.45, 7) is 13.5. The monoisotopic (exact) mass is 341 g/mol. The maximum atomic E-state index is 12.3. The van der Waals surface area contributed by atoms with Crippen LogP contribution in [0.5, 0.6) is 0 Å². The molecule has 0 fully saturated rings. The van der Waals surface area contributed by atoms with E-state index in [1.54, 1.807) is 0 Å². The molecule has 25 heavy (non-hydrogen) atoms. The van der Waals surface area contributed by atoms with E-state index in [2.05, 4.69) is 67.1 Å². The molecule has 0 spiro atoms. The molecule has 1 amide bonds. The summed E-state index contributed by atoms with van der Waals surface area (Å²) < 4.78 is 2.07. The molecule has 136 valence electrons. The Bertz CT molecular complexity index is 713. The van der Waals surface area contributed by atoms with Gasteiger partial charge in [-0.05, 0) is 51.2 Å². The first-order valence-electron chi connectivity index (χ1n) is 9.16. The minimum Gasteiger partial charge on any atom is -0.350 e. The van der Waals surface area contributed by atoms with Crippen LogP contribution in [0.15, 0.2) is 24.3 Å². The van der Waals surface area contributed by atoms with E-state index in [1.165, 1.54) is 16.8 Å². The van der Waals surface area contributed by atoms with Crippen molar-refractivity contribution in [3.8, 4) is 0 Å². The van der Waals surface area contributed by atoms with E-state index in [9.17, 15) is 4.79 Å². The van der Waals surface area contributed by atoms with Gasteiger partial charge < -0.3 is 5.32 Å². The fourth-order valence-electron chi connectivity index (χ4n) is 3.11. The highest BCUT2D eigenvalue weighted by atomic mass is 16.1. The second kappa shape index (κ2) is 8.32. The molecule has 1 aromatic heterocycles. The van der Waals surface area contributed by atoms with Crippen LogP contribution >= 0.6 is 0 Å². The van der Waals surface area contributed by atoms with Crippen LogP contribution in [0.2, 0.25) is 0 Å². The second-order valence-electron chi connectivity index (χ2n) is 7.43. The Morgan fingerprint density at radius 1 is 1.12 bits per heavy atom. The lowest BCUT2D eigenvalue weighted by Gasteiger charge is -2.14. The summed E-state index contributed by atoms with van der Waals surface area (Å²) in [5, 5.41) is 7.73. The normalized spacial score (nSPS) is 12.4. The summed E-state index contributed by atoms with van der Waals surface area (Å²) in [6, 6.07) is 8.33. The van der Waals surface area contributed by atoms with Crippen LogP contribution in [0.4, 0.5) is 0 Å². The SMILES string of the molecule is Cc1ccc(C(C)NC(=O)CCc2c(C)nn(CC(C)C)c2C)cc1. The van der Waals surface area contributed by atoms with Crippen LogP contribution in [0.1, 0.15) is 61.3 Å². The van der Waals surface area contributed by atoms with Crippen molar-refractivity contribution in [2.24, 2.45) is 5.92 Å². The molecule has 0 saturated heterocycles. The van der Waals surface area contributed by atoms with E-state index in [0.717, 1.165) is 24.2 Å². The smallest absolute Gasteiger partial charge is 0.220 e. The van der Waals surface area contributed by atoms with Gasteiger partial charge in [0.1, 0.15) is 0 Å². The third-order valence-corrected chi connectivity index (χ3v) is 4.63. The predicted molar refractivity (Wildman–Crippen MR) is 103 cm³/mol. The van der Waals surface area contributed by atoms with Crippen LogP contribution in [0.3, 0.4) is 0 Å². The number of benzene rings is 1. The number of aromatic nitrogens is 2. The Hall–Kier alpha value is -2.10. The first-order chi connectivity index (χ1) is 11.8. The van der Waals surface area contributed by atoms with Gasteiger partial charge in [-0.15, -0.1) is 0 Å². The minimum absolute atomic E-state index is 0.0268. The first-order valence-corrected chi connectivity index (χ1v) is 9.16. The molecule has 0 aliphatic carbocycles. The Kier molecular flexibility index (Phi) is 6.40. The van der Waals surface area contributed by atoms with Crippen molar-refractivity contribution >= 4 is 5.91 Å². The number of nitrogens with one attached hydrogen (secondary N) is 1. The predicted octanol–water partition coefficient (Wildman–Crippen LogP) is 4.27. The Balaban J connectivity index is 1.93. The van der Waals surface area contributed by atoms with Crippen molar-refractivity contribution in [3.63, 3.8) is 0 Å².